The van der Waals surface area contributed by atoms with Gasteiger partial charge in [0.2, 0.25) is 0 Å². The van der Waals surface area contributed by atoms with Crippen molar-refractivity contribution in [2.24, 2.45) is 0 Å². The maximum atomic E-state index is 4.50. The molecular weight excluding hydrogens is 322 g/mol. The van der Waals surface area contributed by atoms with Crippen LogP contribution in [0.15, 0.2) is 30.6 Å². The molecule has 0 atom stereocenters. The topological polar surface area (TPSA) is 44.3 Å². The highest BCUT2D eigenvalue weighted by Gasteiger charge is 2.17. The molecular formula is C21H31N5. The predicted octanol–water partition coefficient (Wildman–Crippen LogP) is 4.22. The van der Waals surface area contributed by atoms with Gasteiger partial charge in [-0.25, -0.2) is 9.97 Å². The molecule has 2 aromatic rings. The van der Waals surface area contributed by atoms with Gasteiger partial charge in [-0.05, 0) is 30.0 Å². The maximum absolute atomic E-state index is 4.50. The Balaban J connectivity index is 1.89. The van der Waals surface area contributed by atoms with Gasteiger partial charge in [0.05, 0.1) is 0 Å². The molecule has 5 nitrogen and oxygen atoms in total. The third-order valence-electron chi connectivity index (χ3n) is 5.11. The standard InChI is InChI=1S/C21H31N5/c1-15(2)17-7-6-8-18(16(3)4)21(17)24-19-13-20(23-14-22-19)26-11-9-25(5)10-12-26/h6-8,13-16H,9-12H2,1-5H3,(H,22,23,24). The summed E-state index contributed by atoms with van der Waals surface area (Å²) in [5.41, 5.74) is 3.85. The van der Waals surface area contributed by atoms with E-state index >= 15 is 0 Å². The van der Waals surface area contributed by atoms with Crippen molar-refractivity contribution >= 4 is 17.3 Å². The van der Waals surface area contributed by atoms with Gasteiger partial charge < -0.3 is 15.1 Å². The van der Waals surface area contributed by atoms with E-state index < -0.39 is 0 Å². The first kappa shape index (κ1) is 18.6. The Morgan fingerprint density at radius 1 is 0.923 bits per heavy atom. The molecule has 0 spiro atoms. The Hall–Kier alpha value is -2.14. The van der Waals surface area contributed by atoms with E-state index in [1.165, 1.54) is 16.8 Å². The average Bonchev–Trinajstić information content (AvgIpc) is 2.62. The Kier molecular flexibility index (Phi) is 5.77. The molecule has 5 heteroatoms. The molecule has 1 fully saturated rings. The number of anilines is 3. The Bertz CT molecular complexity index is 707. The van der Waals surface area contributed by atoms with Crippen molar-refractivity contribution in [3.8, 4) is 0 Å². The number of likely N-dealkylation sites (N-methyl/N-ethyl adjacent to an activating group) is 1. The summed E-state index contributed by atoms with van der Waals surface area (Å²) < 4.78 is 0. The van der Waals surface area contributed by atoms with E-state index in [1.807, 2.05) is 0 Å². The molecule has 1 N–H and O–H groups in total. The lowest BCUT2D eigenvalue weighted by Crippen LogP contribution is -2.44. The fourth-order valence-electron chi connectivity index (χ4n) is 3.45. The van der Waals surface area contributed by atoms with Crippen LogP contribution in [0.25, 0.3) is 0 Å². The van der Waals surface area contributed by atoms with Gasteiger partial charge in [0, 0.05) is 37.9 Å². The second kappa shape index (κ2) is 8.04. The molecule has 2 heterocycles. The van der Waals surface area contributed by atoms with Crippen molar-refractivity contribution in [3.05, 3.63) is 41.7 Å². The summed E-state index contributed by atoms with van der Waals surface area (Å²) in [5, 5.41) is 3.60. The SMILES string of the molecule is CC(C)c1cccc(C(C)C)c1Nc1cc(N2CCN(C)CC2)ncn1. The van der Waals surface area contributed by atoms with E-state index in [0.29, 0.717) is 11.8 Å². The molecule has 0 amide bonds. The van der Waals surface area contributed by atoms with Crippen LogP contribution in [0, 0.1) is 0 Å². The van der Waals surface area contributed by atoms with Gasteiger partial charge in [-0.2, -0.15) is 0 Å². The van der Waals surface area contributed by atoms with Crippen molar-refractivity contribution < 1.29 is 0 Å². The molecule has 1 aliphatic heterocycles. The van der Waals surface area contributed by atoms with Crippen LogP contribution in [0.1, 0.15) is 50.7 Å². The fraction of sp³-hybridized carbons (Fsp3) is 0.524. The first-order chi connectivity index (χ1) is 12.5. The van der Waals surface area contributed by atoms with Gasteiger partial charge in [-0.3, -0.25) is 0 Å². The van der Waals surface area contributed by atoms with Crippen molar-refractivity contribution in [3.63, 3.8) is 0 Å². The summed E-state index contributed by atoms with van der Waals surface area (Å²) in [7, 11) is 2.17. The zero-order valence-electron chi connectivity index (χ0n) is 16.7. The van der Waals surface area contributed by atoms with Gasteiger partial charge in [0.15, 0.2) is 0 Å². The highest BCUT2D eigenvalue weighted by Crippen LogP contribution is 2.34. The molecule has 0 bridgehead atoms. The predicted molar refractivity (Wildman–Crippen MR) is 110 cm³/mol. The molecule has 1 aromatic carbocycles. The molecule has 3 rings (SSSR count). The third kappa shape index (κ3) is 4.15. The zero-order chi connectivity index (χ0) is 18.7. The quantitative estimate of drug-likeness (QED) is 0.872. The van der Waals surface area contributed by atoms with Crippen LogP contribution < -0.4 is 10.2 Å². The van der Waals surface area contributed by atoms with E-state index in [0.717, 1.165) is 37.8 Å². The van der Waals surface area contributed by atoms with E-state index in [-0.39, 0.29) is 0 Å². The summed E-state index contributed by atoms with van der Waals surface area (Å²) in [6.07, 6.45) is 1.67. The van der Waals surface area contributed by atoms with E-state index in [4.69, 9.17) is 0 Å². The molecule has 1 aliphatic rings. The van der Waals surface area contributed by atoms with Gasteiger partial charge in [-0.15, -0.1) is 0 Å². The molecule has 0 aliphatic carbocycles. The summed E-state index contributed by atoms with van der Waals surface area (Å²) in [4.78, 5) is 13.7. The van der Waals surface area contributed by atoms with Crippen LogP contribution in [-0.2, 0) is 0 Å². The van der Waals surface area contributed by atoms with E-state index in [9.17, 15) is 0 Å². The number of nitrogens with one attached hydrogen (secondary N) is 1. The maximum Gasteiger partial charge on any atom is 0.135 e. The minimum absolute atomic E-state index is 0.454. The lowest BCUT2D eigenvalue weighted by atomic mass is 9.92. The van der Waals surface area contributed by atoms with Crippen molar-refractivity contribution in [1.82, 2.24) is 14.9 Å². The average molecular weight is 354 g/mol. The van der Waals surface area contributed by atoms with Crippen LogP contribution in [0.2, 0.25) is 0 Å². The van der Waals surface area contributed by atoms with Crippen LogP contribution in [0.4, 0.5) is 17.3 Å². The largest absolute Gasteiger partial charge is 0.354 e. The van der Waals surface area contributed by atoms with Crippen molar-refractivity contribution in [1.29, 1.82) is 0 Å². The van der Waals surface area contributed by atoms with Crippen LogP contribution >= 0.6 is 0 Å². The minimum Gasteiger partial charge on any atom is -0.354 e. The minimum atomic E-state index is 0.454. The number of rotatable bonds is 5. The monoisotopic (exact) mass is 353 g/mol. The number of nitrogens with zero attached hydrogens (tertiary/aromatic N) is 4. The van der Waals surface area contributed by atoms with Gasteiger partial charge in [0.1, 0.15) is 18.0 Å². The molecule has 1 aromatic heterocycles. The number of para-hydroxylation sites is 1. The Labute approximate surface area is 157 Å². The number of benzene rings is 1. The second-order valence-electron chi connectivity index (χ2n) is 7.80. The van der Waals surface area contributed by atoms with Crippen LogP contribution in [0.5, 0.6) is 0 Å². The summed E-state index contributed by atoms with van der Waals surface area (Å²) in [6, 6.07) is 8.65. The smallest absolute Gasteiger partial charge is 0.135 e. The number of hydrogen-bond donors (Lipinski definition) is 1. The van der Waals surface area contributed by atoms with E-state index in [2.05, 4.69) is 84.1 Å². The second-order valence-corrected chi connectivity index (χ2v) is 7.80. The highest BCUT2D eigenvalue weighted by molar-refractivity contribution is 5.68. The Morgan fingerprint density at radius 2 is 1.54 bits per heavy atom. The summed E-state index contributed by atoms with van der Waals surface area (Å²) in [6.45, 7) is 13.1. The van der Waals surface area contributed by atoms with Gasteiger partial charge in [0.25, 0.3) is 0 Å². The Morgan fingerprint density at radius 3 is 2.12 bits per heavy atom. The van der Waals surface area contributed by atoms with Crippen molar-refractivity contribution in [2.75, 3.05) is 43.4 Å². The van der Waals surface area contributed by atoms with Gasteiger partial charge >= 0.3 is 0 Å². The molecule has 26 heavy (non-hydrogen) atoms. The fourth-order valence-corrected chi connectivity index (χ4v) is 3.45. The molecule has 0 radical (unpaired) electrons. The van der Waals surface area contributed by atoms with Crippen molar-refractivity contribution in [2.45, 2.75) is 39.5 Å². The lowest BCUT2D eigenvalue weighted by molar-refractivity contribution is 0.312. The van der Waals surface area contributed by atoms with E-state index in [1.54, 1.807) is 6.33 Å². The van der Waals surface area contributed by atoms with Gasteiger partial charge in [-0.1, -0.05) is 45.9 Å². The lowest BCUT2D eigenvalue weighted by Gasteiger charge is -2.33. The highest BCUT2D eigenvalue weighted by atomic mass is 15.3. The summed E-state index contributed by atoms with van der Waals surface area (Å²) >= 11 is 0. The first-order valence-electron chi connectivity index (χ1n) is 9.61. The van der Waals surface area contributed by atoms with Crippen LogP contribution in [-0.4, -0.2) is 48.1 Å². The normalized spacial score (nSPS) is 15.7. The number of hydrogen-bond acceptors (Lipinski definition) is 5. The number of aromatic nitrogens is 2. The number of piperazine rings is 1. The van der Waals surface area contributed by atoms with Crippen LogP contribution in [0.3, 0.4) is 0 Å². The molecule has 1 saturated heterocycles. The molecule has 0 saturated carbocycles. The summed E-state index contributed by atoms with van der Waals surface area (Å²) in [5.74, 6) is 2.78. The third-order valence-corrected chi connectivity index (χ3v) is 5.11. The first-order valence-corrected chi connectivity index (χ1v) is 9.61. The molecule has 0 unspecified atom stereocenters. The zero-order valence-corrected chi connectivity index (χ0v) is 16.7. The molecule has 140 valence electrons.